The number of nitrogens with two attached hydrogens (primary N) is 1. The molecule has 0 aliphatic carbocycles. The highest BCUT2D eigenvalue weighted by Gasteiger charge is 2.25. The quantitative estimate of drug-likeness (QED) is 0.701. The van der Waals surface area contributed by atoms with Gasteiger partial charge in [0.05, 0.1) is 30.7 Å². The number of primary amides is 1. The molecule has 1 fully saturated rings. The fraction of sp³-hybridized carbons (Fsp3) is 0.316. The van der Waals surface area contributed by atoms with E-state index in [1.54, 1.807) is 11.8 Å². The molecule has 3 N–H and O–H groups in total. The molecular weight excluding hydrogens is 346 g/mol. The van der Waals surface area contributed by atoms with Crippen molar-refractivity contribution in [2.45, 2.75) is 19.1 Å². The summed E-state index contributed by atoms with van der Waals surface area (Å²) in [6, 6.07) is 7.73. The van der Waals surface area contributed by atoms with Crippen LogP contribution in [0.15, 0.2) is 36.7 Å². The van der Waals surface area contributed by atoms with Crippen molar-refractivity contribution in [1.82, 2.24) is 14.8 Å². The number of ether oxygens (including phenoxy) is 1. The minimum atomic E-state index is -0.560. The van der Waals surface area contributed by atoms with Crippen LogP contribution in [0.4, 0.5) is 5.82 Å². The highest BCUT2D eigenvalue weighted by Crippen LogP contribution is 2.29. The zero-order valence-corrected chi connectivity index (χ0v) is 15.0. The molecule has 27 heavy (non-hydrogen) atoms. The summed E-state index contributed by atoms with van der Waals surface area (Å²) in [5.41, 5.74) is 7.38. The number of pyridine rings is 1. The second kappa shape index (κ2) is 6.88. The predicted molar refractivity (Wildman–Crippen MR) is 101 cm³/mol. The number of aromatic nitrogens is 3. The van der Waals surface area contributed by atoms with E-state index in [1.165, 1.54) is 6.20 Å². The number of aliphatic hydroxyl groups is 1. The van der Waals surface area contributed by atoms with Gasteiger partial charge in [-0.3, -0.25) is 9.48 Å². The van der Waals surface area contributed by atoms with Crippen molar-refractivity contribution in [3.63, 3.8) is 0 Å². The molecule has 0 bridgehead atoms. The van der Waals surface area contributed by atoms with E-state index in [4.69, 9.17) is 10.5 Å². The first-order chi connectivity index (χ1) is 13.0. The van der Waals surface area contributed by atoms with Crippen LogP contribution in [-0.2, 0) is 6.54 Å². The van der Waals surface area contributed by atoms with E-state index in [-0.39, 0.29) is 6.10 Å². The summed E-state index contributed by atoms with van der Waals surface area (Å²) in [5.74, 6) is 0.946. The number of methoxy groups -OCH3 is 1. The molecule has 3 heterocycles. The lowest BCUT2D eigenvalue weighted by molar-refractivity contribution is 0.100. The van der Waals surface area contributed by atoms with Gasteiger partial charge in [-0.15, -0.1) is 0 Å². The zero-order chi connectivity index (χ0) is 19.0. The fourth-order valence-corrected chi connectivity index (χ4v) is 3.41. The first kappa shape index (κ1) is 17.3. The van der Waals surface area contributed by atoms with E-state index < -0.39 is 5.91 Å². The van der Waals surface area contributed by atoms with Gasteiger partial charge in [0.15, 0.2) is 0 Å². The van der Waals surface area contributed by atoms with E-state index in [2.05, 4.69) is 10.1 Å². The minimum Gasteiger partial charge on any atom is -0.497 e. The minimum absolute atomic E-state index is 0.293. The average molecular weight is 367 g/mol. The van der Waals surface area contributed by atoms with Gasteiger partial charge >= 0.3 is 0 Å². The molecule has 140 valence electrons. The van der Waals surface area contributed by atoms with Crippen LogP contribution in [0, 0.1) is 0 Å². The van der Waals surface area contributed by atoms with Crippen molar-refractivity contribution in [1.29, 1.82) is 0 Å². The molecule has 0 radical (unpaired) electrons. The zero-order valence-electron chi connectivity index (χ0n) is 15.0. The van der Waals surface area contributed by atoms with Crippen LogP contribution in [0.2, 0.25) is 0 Å². The summed E-state index contributed by atoms with van der Waals surface area (Å²) < 4.78 is 6.96. The number of fused-ring (bicyclic) bond motifs is 1. The number of anilines is 1. The number of benzene rings is 1. The lowest BCUT2D eigenvalue weighted by Gasteiger charge is -2.17. The van der Waals surface area contributed by atoms with Gasteiger partial charge < -0.3 is 20.5 Å². The van der Waals surface area contributed by atoms with Crippen molar-refractivity contribution in [3.05, 3.63) is 47.8 Å². The number of aliphatic hydroxyl groups excluding tert-OH is 1. The van der Waals surface area contributed by atoms with Crippen molar-refractivity contribution in [2.75, 3.05) is 25.1 Å². The van der Waals surface area contributed by atoms with Crippen LogP contribution >= 0.6 is 0 Å². The van der Waals surface area contributed by atoms with Gasteiger partial charge in [-0.05, 0) is 24.1 Å². The maximum Gasteiger partial charge on any atom is 0.252 e. The van der Waals surface area contributed by atoms with Gasteiger partial charge in [0, 0.05) is 25.5 Å². The van der Waals surface area contributed by atoms with Crippen molar-refractivity contribution in [2.24, 2.45) is 5.73 Å². The summed E-state index contributed by atoms with van der Waals surface area (Å²) >= 11 is 0. The van der Waals surface area contributed by atoms with E-state index in [0.29, 0.717) is 43.0 Å². The Labute approximate surface area is 156 Å². The van der Waals surface area contributed by atoms with Crippen LogP contribution in [0.25, 0.3) is 10.9 Å². The molecule has 3 aromatic rings. The van der Waals surface area contributed by atoms with Gasteiger partial charge in [-0.25, -0.2) is 4.98 Å². The Morgan fingerprint density at radius 1 is 1.37 bits per heavy atom. The molecule has 1 aromatic carbocycles. The van der Waals surface area contributed by atoms with Crippen LogP contribution in [0.1, 0.15) is 22.3 Å². The Morgan fingerprint density at radius 2 is 2.15 bits per heavy atom. The lowest BCUT2D eigenvalue weighted by atomic mass is 10.2. The van der Waals surface area contributed by atoms with E-state index in [1.807, 2.05) is 35.4 Å². The third-order valence-electron chi connectivity index (χ3n) is 4.81. The second-order valence-corrected chi connectivity index (χ2v) is 6.69. The van der Waals surface area contributed by atoms with E-state index in [9.17, 15) is 9.90 Å². The van der Waals surface area contributed by atoms with Gasteiger partial charge in [0.25, 0.3) is 5.91 Å². The number of hydrogen-bond acceptors (Lipinski definition) is 6. The van der Waals surface area contributed by atoms with Gasteiger partial charge in [0.1, 0.15) is 17.1 Å². The van der Waals surface area contributed by atoms with Crippen LogP contribution in [-0.4, -0.2) is 52.1 Å². The Kier molecular flexibility index (Phi) is 4.41. The number of nitrogens with zero attached hydrogens (tertiary/aromatic N) is 4. The van der Waals surface area contributed by atoms with Crippen molar-refractivity contribution in [3.8, 4) is 5.75 Å². The molecule has 1 saturated heterocycles. The summed E-state index contributed by atoms with van der Waals surface area (Å²) in [7, 11) is 1.63. The number of β-amino-alcohol motifs (C(OH)–C–C–N with tert-alkyl or cyclic N) is 1. The Hall–Kier alpha value is -3.13. The number of carbonyl (C=O) groups excluding carboxylic acids is 1. The molecule has 1 amide bonds. The molecular formula is C19H21N5O3. The van der Waals surface area contributed by atoms with Crippen molar-refractivity contribution >= 4 is 22.6 Å². The highest BCUT2D eigenvalue weighted by molar-refractivity contribution is 6.07. The molecule has 1 aliphatic heterocycles. The largest absolute Gasteiger partial charge is 0.497 e. The number of rotatable bonds is 5. The first-order valence-corrected chi connectivity index (χ1v) is 8.77. The highest BCUT2D eigenvalue weighted by atomic mass is 16.5. The number of hydrogen-bond donors (Lipinski definition) is 2. The van der Waals surface area contributed by atoms with E-state index >= 15 is 0 Å². The third-order valence-corrected chi connectivity index (χ3v) is 4.81. The Bertz CT molecular complexity index is 983. The SMILES string of the molecule is COc1ccc(Cn2cc3c(N4CCC(O)C4)ncc(C(N)=O)c3n2)cc1. The van der Waals surface area contributed by atoms with Gasteiger partial charge in [0.2, 0.25) is 0 Å². The van der Waals surface area contributed by atoms with Crippen LogP contribution in [0.5, 0.6) is 5.75 Å². The van der Waals surface area contributed by atoms with Gasteiger partial charge in [-0.1, -0.05) is 12.1 Å². The molecule has 1 aliphatic rings. The fourth-order valence-electron chi connectivity index (χ4n) is 3.41. The molecule has 1 atom stereocenters. The average Bonchev–Trinajstić information content (AvgIpc) is 3.27. The number of carbonyl (C=O) groups is 1. The lowest BCUT2D eigenvalue weighted by Crippen LogP contribution is -2.23. The molecule has 0 spiro atoms. The molecule has 8 heteroatoms. The van der Waals surface area contributed by atoms with E-state index in [0.717, 1.165) is 16.7 Å². The van der Waals surface area contributed by atoms with Crippen LogP contribution in [0.3, 0.4) is 0 Å². The second-order valence-electron chi connectivity index (χ2n) is 6.69. The molecule has 1 unspecified atom stereocenters. The van der Waals surface area contributed by atoms with Crippen molar-refractivity contribution < 1.29 is 14.6 Å². The molecule has 8 nitrogen and oxygen atoms in total. The summed E-state index contributed by atoms with van der Waals surface area (Å²) in [6.07, 6.45) is 3.67. The Morgan fingerprint density at radius 3 is 2.78 bits per heavy atom. The molecule has 2 aromatic heterocycles. The smallest absolute Gasteiger partial charge is 0.252 e. The Balaban J connectivity index is 1.73. The predicted octanol–water partition coefficient (Wildman–Crippen LogP) is 1.16. The third kappa shape index (κ3) is 3.31. The summed E-state index contributed by atoms with van der Waals surface area (Å²) in [6.45, 7) is 1.77. The standard InChI is InChI=1S/C19H21N5O3/c1-27-14-4-2-12(3-5-14)9-24-11-16-17(22-24)15(18(20)26)8-21-19(16)23-7-6-13(25)10-23/h2-5,8,11,13,25H,6-7,9-10H2,1H3,(H2,20,26). The molecule has 4 rings (SSSR count). The monoisotopic (exact) mass is 367 g/mol. The summed E-state index contributed by atoms with van der Waals surface area (Å²) in [4.78, 5) is 18.2. The van der Waals surface area contributed by atoms with Crippen LogP contribution < -0.4 is 15.4 Å². The summed E-state index contributed by atoms with van der Waals surface area (Å²) in [5, 5.41) is 15.2. The van der Waals surface area contributed by atoms with Gasteiger partial charge in [-0.2, -0.15) is 5.10 Å². The maximum atomic E-state index is 11.8. The number of amides is 1. The molecule has 0 saturated carbocycles. The topological polar surface area (TPSA) is 106 Å². The normalized spacial score (nSPS) is 16.8. The first-order valence-electron chi connectivity index (χ1n) is 8.77. The maximum absolute atomic E-state index is 11.8.